The van der Waals surface area contributed by atoms with E-state index in [4.69, 9.17) is 0 Å². The van der Waals surface area contributed by atoms with Gasteiger partial charge in [0.05, 0.1) is 0 Å². The fraction of sp³-hybridized carbons (Fsp3) is 0.250. The standard InChI is InChI=1S/C14H12.C2H6/c1-10-5-4-7-12-9-11-6-2-3-8-13(11)14(10)12;1-2/h2-8H,9H2,1H3;1-2H3. The Bertz CT molecular complexity index is 495. The van der Waals surface area contributed by atoms with Gasteiger partial charge >= 0.3 is 0 Å². The lowest BCUT2D eigenvalue weighted by atomic mass is 10.0. The van der Waals surface area contributed by atoms with E-state index in [1.807, 2.05) is 13.8 Å². The molecule has 0 spiro atoms. The molecule has 0 aliphatic heterocycles. The molecule has 0 aromatic heterocycles. The first-order chi connectivity index (χ1) is 7.86. The van der Waals surface area contributed by atoms with Crippen molar-refractivity contribution in [1.82, 2.24) is 0 Å². The SMILES string of the molecule is CC.Cc1cccc2c1-c1ccccc1C2. The molecule has 2 aromatic rings. The fourth-order valence-corrected chi connectivity index (χ4v) is 2.38. The van der Waals surface area contributed by atoms with Gasteiger partial charge in [0.2, 0.25) is 0 Å². The van der Waals surface area contributed by atoms with Gasteiger partial charge in [-0.05, 0) is 41.2 Å². The summed E-state index contributed by atoms with van der Waals surface area (Å²) >= 11 is 0. The van der Waals surface area contributed by atoms with Crippen molar-refractivity contribution >= 4 is 0 Å². The molecule has 0 radical (unpaired) electrons. The first-order valence-corrected chi connectivity index (χ1v) is 6.03. The molecule has 0 bridgehead atoms. The highest BCUT2D eigenvalue weighted by atomic mass is 14.2. The van der Waals surface area contributed by atoms with Crippen LogP contribution in [0.4, 0.5) is 0 Å². The van der Waals surface area contributed by atoms with Crippen molar-refractivity contribution in [3.8, 4) is 11.1 Å². The van der Waals surface area contributed by atoms with Gasteiger partial charge in [0.1, 0.15) is 0 Å². The van der Waals surface area contributed by atoms with Crippen molar-refractivity contribution in [3.63, 3.8) is 0 Å². The molecule has 0 heterocycles. The van der Waals surface area contributed by atoms with Gasteiger partial charge in [-0.1, -0.05) is 56.3 Å². The predicted octanol–water partition coefficient (Wildman–Crippen LogP) is 4.59. The molecule has 3 rings (SSSR count). The lowest BCUT2D eigenvalue weighted by Crippen LogP contribution is -1.82. The molecule has 0 heteroatoms. The number of fused-ring (bicyclic) bond motifs is 3. The first-order valence-electron chi connectivity index (χ1n) is 6.03. The van der Waals surface area contributed by atoms with Crippen LogP contribution in [0.5, 0.6) is 0 Å². The second-order valence-electron chi connectivity index (χ2n) is 3.94. The average molecular weight is 210 g/mol. The lowest BCUT2D eigenvalue weighted by molar-refractivity contribution is 1.26. The van der Waals surface area contributed by atoms with Gasteiger partial charge in [0.25, 0.3) is 0 Å². The summed E-state index contributed by atoms with van der Waals surface area (Å²) in [6, 6.07) is 15.3. The summed E-state index contributed by atoms with van der Waals surface area (Å²) in [6.07, 6.45) is 1.10. The van der Waals surface area contributed by atoms with Crippen molar-refractivity contribution in [2.75, 3.05) is 0 Å². The third kappa shape index (κ3) is 1.65. The Kier molecular flexibility index (Phi) is 3.09. The normalized spacial score (nSPS) is 11.2. The summed E-state index contributed by atoms with van der Waals surface area (Å²) in [6.45, 7) is 6.20. The molecule has 16 heavy (non-hydrogen) atoms. The van der Waals surface area contributed by atoms with Crippen LogP contribution in [0.2, 0.25) is 0 Å². The van der Waals surface area contributed by atoms with Gasteiger partial charge < -0.3 is 0 Å². The number of hydrogen-bond donors (Lipinski definition) is 0. The van der Waals surface area contributed by atoms with Gasteiger partial charge in [-0.25, -0.2) is 0 Å². The molecule has 0 fully saturated rings. The van der Waals surface area contributed by atoms with Gasteiger partial charge in [-0.15, -0.1) is 0 Å². The predicted molar refractivity (Wildman–Crippen MR) is 70.8 cm³/mol. The second-order valence-corrected chi connectivity index (χ2v) is 3.94. The number of hydrogen-bond acceptors (Lipinski definition) is 0. The Morgan fingerprint density at radius 1 is 0.812 bits per heavy atom. The van der Waals surface area contributed by atoms with E-state index in [-0.39, 0.29) is 0 Å². The van der Waals surface area contributed by atoms with Gasteiger partial charge in [-0.3, -0.25) is 0 Å². The van der Waals surface area contributed by atoms with E-state index in [1.54, 1.807) is 0 Å². The third-order valence-corrected chi connectivity index (χ3v) is 3.03. The zero-order valence-electron chi connectivity index (χ0n) is 10.2. The van der Waals surface area contributed by atoms with Crippen LogP contribution in [-0.4, -0.2) is 0 Å². The summed E-state index contributed by atoms with van der Waals surface area (Å²) in [5.41, 5.74) is 7.24. The third-order valence-electron chi connectivity index (χ3n) is 3.03. The van der Waals surface area contributed by atoms with Crippen LogP contribution in [0.15, 0.2) is 42.5 Å². The first kappa shape index (κ1) is 10.9. The molecule has 0 amide bonds. The van der Waals surface area contributed by atoms with E-state index >= 15 is 0 Å². The topological polar surface area (TPSA) is 0 Å². The summed E-state index contributed by atoms with van der Waals surface area (Å²) in [5.74, 6) is 0. The van der Waals surface area contributed by atoms with Crippen LogP contribution in [-0.2, 0) is 6.42 Å². The molecule has 0 N–H and O–H groups in total. The summed E-state index contributed by atoms with van der Waals surface area (Å²) in [5, 5.41) is 0. The van der Waals surface area contributed by atoms with E-state index < -0.39 is 0 Å². The largest absolute Gasteiger partial charge is 0.0683 e. The Morgan fingerprint density at radius 2 is 1.50 bits per heavy atom. The highest BCUT2D eigenvalue weighted by Gasteiger charge is 2.18. The van der Waals surface area contributed by atoms with Crippen molar-refractivity contribution in [2.24, 2.45) is 0 Å². The minimum Gasteiger partial charge on any atom is -0.0683 e. The minimum absolute atomic E-state index is 1.10. The van der Waals surface area contributed by atoms with E-state index in [9.17, 15) is 0 Å². The second kappa shape index (κ2) is 4.52. The fourth-order valence-electron chi connectivity index (χ4n) is 2.38. The molecule has 0 nitrogen and oxygen atoms in total. The van der Waals surface area contributed by atoms with Gasteiger partial charge in [-0.2, -0.15) is 0 Å². The number of aryl methyl sites for hydroxylation is 1. The summed E-state index contributed by atoms with van der Waals surface area (Å²) < 4.78 is 0. The maximum atomic E-state index is 2.24. The van der Waals surface area contributed by atoms with Crippen molar-refractivity contribution < 1.29 is 0 Å². The van der Waals surface area contributed by atoms with Crippen LogP contribution >= 0.6 is 0 Å². The summed E-state index contributed by atoms with van der Waals surface area (Å²) in [4.78, 5) is 0. The van der Waals surface area contributed by atoms with Crippen LogP contribution in [0.3, 0.4) is 0 Å². The monoisotopic (exact) mass is 210 g/mol. The molecule has 0 atom stereocenters. The molecular formula is C16H18. The molecule has 2 aromatic carbocycles. The Hall–Kier alpha value is -1.56. The molecule has 0 saturated heterocycles. The van der Waals surface area contributed by atoms with Gasteiger partial charge in [0, 0.05) is 0 Å². The quantitative estimate of drug-likeness (QED) is 0.509. The van der Waals surface area contributed by atoms with Crippen molar-refractivity contribution in [3.05, 3.63) is 59.2 Å². The van der Waals surface area contributed by atoms with Gasteiger partial charge in [0.15, 0.2) is 0 Å². The zero-order chi connectivity index (χ0) is 11.5. The van der Waals surface area contributed by atoms with Crippen molar-refractivity contribution in [2.45, 2.75) is 27.2 Å². The van der Waals surface area contributed by atoms with E-state index in [0.29, 0.717) is 0 Å². The maximum Gasteiger partial charge on any atom is -0.00134 e. The molecule has 0 saturated carbocycles. The van der Waals surface area contributed by atoms with Crippen LogP contribution in [0, 0.1) is 6.92 Å². The summed E-state index contributed by atoms with van der Waals surface area (Å²) in [7, 11) is 0. The Morgan fingerprint density at radius 3 is 2.31 bits per heavy atom. The van der Waals surface area contributed by atoms with Crippen molar-refractivity contribution in [1.29, 1.82) is 0 Å². The molecule has 0 unspecified atom stereocenters. The Labute approximate surface area is 97.9 Å². The molecule has 1 aliphatic rings. The molecule has 1 aliphatic carbocycles. The average Bonchev–Trinajstić information content (AvgIpc) is 2.71. The smallest absolute Gasteiger partial charge is 0.00134 e. The van der Waals surface area contributed by atoms with E-state index in [1.165, 1.54) is 27.8 Å². The molecular weight excluding hydrogens is 192 g/mol. The minimum atomic E-state index is 1.10. The van der Waals surface area contributed by atoms with E-state index in [0.717, 1.165) is 6.42 Å². The highest BCUT2D eigenvalue weighted by molar-refractivity contribution is 5.79. The number of benzene rings is 2. The highest BCUT2D eigenvalue weighted by Crippen LogP contribution is 2.38. The van der Waals surface area contributed by atoms with Crippen LogP contribution in [0.1, 0.15) is 30.5 Å². The number of rotatable bonds is 0. The van der Waals surface area contributed by atoms with Crippen LogP contribution < -0.4 is 0 Å². The van der Waals surface area contributed by atoms with Crippen LogP contribution in [0.25, 0.3) is 11.1 Å². The zero-order valence-corrected chi connectivity index (χ0v) is 10.2. The Balaban J connectivity index is 0.000000457. The molecule has 82 valence electrons. The lowest BCUT2D eigenvalue weighted by Gasteiger charge is -2.03. The van der Waals surface area contributed by atoms with E-state index in [2.05, 4.69) is 49.4 Å². The maximum absolute atomic E-state index is 2.24.